The molecular formula is C18H22N4OS2. The summed E-state index contributed by atoms with van der Waals surface area (Å²) in [6.45, 7) is 2.08. The van der Waals surface area contributed by atoms with E-state index in [1.165, 1.54) is 59.9 Å². The third-order valence-electron chi connectivity index (χ3n) is 4.48. The van der Waals surface area contributed by atoms with Gasteiger partial charge in [0.15, 0.2) is 4.34 Å². The summed E-state index contributed by atoms with van der Waals surface area (Å²) >= 11 is 2.99. The number of hydrogen-bond acceptors (Lipinski definition) is 6. The molecule has 0 bridgehead atoms. The Morgan fingerprint density at radius 2 is 2.00 bits per heavy atom. The number of nitrogens with one attached hydrogen (secondary N) is 2. The first-order valence-electron chi connectivity index (χ1n) is 8.76. The Labute approximate surface area is 156 Å². The molecule has 4 rings (SSSR count). The van der Waals surface area contributed by atoms with E-state index in [0.717, 1.165) is 9.47 Å². The number of carbonyl (C=O) groups is 1. The van der Waals surface area contributed by atoms with Gasteiger partial charge in [0.1, 0.15) is 0 Å². The van der Waals surface area contributed by atoms with Gasteiger partial charge in [-0.15, -0.1) is 10.2 Å². The highest BCUT2D eigenvalue weighted by molar-refractivity contribution is 8.01. The van der Waals surface area contributed by atoms with Crippen molar-refractivity contribution in [1.29, 1.82) is 0 Å². The number of nitrogens with zero attached hydrogens (tertiary/aromatic N) is 2. The second-order valence-electron chi connectivity index (χ2n) is 6.87. The summed E-state index contributed by atoms with van der Waals surface area (Å²) < 4.78 is 0.844. The topological polar surface area (TPSA) is 66.9 Å². The van der Waals surface area contributed by atoms with Crippen molar-refractivity contribution in [2.75, 3.05) is 11.1 Å². The number of anilines is 1. The molecule has 2 aliphatic carbocycles. The Balaban J connectivity index is 1.30. The molecule has 0 aliphatic heterocycles. The van der Waals surface area contributed by atoms with Gasteiger partial charge in [-0.05, 0) is 44.1 Å². The largest absolute Gasteiger partial charge is 0.357 e. The molecule has 2 N–H and O–H groups in total. The van der Waals surface area contributed by atoms with Crippen LogP contribution in [-0.2, 0) is 4.79 Å². The predicted octanol–water partition coefficient (Wildman–Crippen LogP) is 3.78. The van der Waals surface area contributed by atoms with Crippen LogP contribution in [0, 0.1) is 12.8 Å². The highest BCUT2D eigenvalue weighted by atomic mass is 32.2. The fourth-order valence-electron chi connectivity index (χ4n) is 2.75. The van der Waals surface area contributed by atoms with Gasteiger partial charge < -0.3 is 10.6 Å². The van der Waals surface area contributed by atoms with Crippen LogP contribution in [-0.4, -0.2) is 27.9 Å². The molecule has 2 saturated carbocycles. The molecule has 1 amide bonds. The van der Waals surface area contributed by atoms with Crippen LogP contribution in [0.5, 0.6) is 0 Å². The van der Waals surface area contributed by atoms with Crippen LogP contribution in [0.2, 0.25) is 0 Å². The Bertz CT molecular complexity index is 738. The van der Waals surface area contributed by atoms with Gasteiger partial charge in [-0.25, -0.2) is 0 Å². The van der Waals surface area contributed by atoms with Crippen molar-refractivity contribution < 1.29 is 4.79 Å². The molecule has 1 heterocycles. The third kappa shape index (κ3) is 4.73. The molecule has 1 unspecified atom stereocenters. The Morgan fingerprint density at radius 3 is 2.68 bits per heavy atom. The van der Waals surface area contributed by atoms with E-state index in [0.29, 0.717) is 17.7 Å². The number of thioether (sulfide) groups is 1. The van der Waals surface area contributed by atoms with E-state index in [4.69, 9.17) is 0 Å². The average Bonchev–Trinajstić information content (AvgIpc) is 3.52. The zero-order valence-electron chi connectivity index (χ0n) is 14.2. The summed E-state index contributed by atoms with van der Waals surface area (Å²) in [6, 6.07) is 9.19. The SMILES string of the molecule is Cc1ccc(C(NC(=O)CSc2nnc(NC3CC3)s2)C2CC2)cc1. The minimum Gasteiger partial charge on any atom is -0.357 e. The lowest BCUT2D eigenvalue weighted by atomic mass is 10.0. The van der Waals surface area contributed by atoms with Crippen molar-refractivity contribution >= 4 is 34.1 Å². The number of carbonyl (C=O) groups excluding carboxylic acids is 1. The lowest BCUT2D eigenvalue weighted by Gasteiger charge is -2.18. The van der Waals surface area contributed by atoms with Crippen molar-refractivity contribution in [2.24, 2.45) is 5.92 Å². The Hall–Kier alpha value is -1.60. The highest BCUT2D eigenvalue weighted by Crippen LogP contribution is 2.41. The maximum atomic E-state index is 12.4. The normalized spacial score (nSPS) is 18.0. The first-order valence-corrected chi connectivity index (χ1v) is 10.6. The van der Waals surface area contributed by atoms with Gasteiger partial charge in [-0.3, -0.25) is 4.79 Å². The zero-order chi connectivity index (χ0) is 17.2. The fourth-order valence-corrected chi connectivity index (χ4v) is 4.39. The van der Waals surface area contributed by atoms with Crippen LogP contribution in [0.1, 0.15) is 42.9 Å². The molecule has 25 heavy (non-hydrogen) atoms. The van der Waals surface area contributed by atoms with Crippen molar-refractivity contribution in [2.45, 2.75) is 49.0 Å². The number of benzene rings is 1. The van der Waals surface area contributed by atoms with E-state index in [9.17, 15) is 4.79 Å². The molecule has 1 atom stereocenters. The molecule has 7 heteroatoms. The minimum absolute atomic E-state index is 0.0642. The van der Waals surface area contributed by atoms with Gasteiger partial charge in [0, 0.05) is 6.04 Å². The summed E-state index contributed by atoms with van der Waals surface area (Å²) in [5.41, 5.74) is 2.45. The van der Waals surface area contributed by atoms with Gasteiger partial charge in [0.2, 0.25) is 11.0 Å². The average molecular weight is 375 g/mol. The molecule has 1 aromatic heterocycles. The van der Waals surface area contributed by atoms with Gasteiger partial charge >= 0.3 is 0 Å². The van der Waals surface area contributed by atoms with E-state index in [-0.39, 0.29) is 11.9 Å². The zero-order valence-corrected chi connectivity index (χ0v) is 15.8. The van der Waals surface area contributed by atoms with Gasteiger partial charge in [-0.1, -0.05) is 52.9 Å². The van der Waals surface area contributed by atoms with Crippen molar-refractivity contribution in [3.8, 4) is 0 Å². The highest BCUT2D eigenvalue weighted by Gasteiger charge is 2.33. The minimum atomic E-state index is 0.0642. The standard InChI is InChI=1S/C18H22N4OS2/c1-11-2-4-12(5-3-11)16(13-6-7-13)20-15(23)10-24-18-22-21-17(25-18)19-14-8-9-14/h2-5,13-14,16H,6-10H2,1H3,(H,19,21)(H,20,23). The predicted molar refractivity (Wildman–Crippen MR) is 102 cm³/mol. The van der Waals surface area contributed by atoms with E-state index < -0.39 is 0 Å². The molecule has 0 radical (unpaired) electrons. The van der Waals surface area contributed by atoms with Crippen molar-refractivity contribution in [3.05, 3.63) is 35.4 Å². The maximum Gasteiger partial charge on any atom is 0.230 e. The number of amides is 1. The second-order valence-corrected chi connectivity index (χ2v) is 9.07. The first-order chi connectivity index (χ1) is 12.2. The molecule has 132 valence electrons. The van der Waals surface area contributed by atoms with Crippen LogP contribution in [0.4, 0.5) is 5.13 Å². The fraction of sp³-hybridized carbons (Fsp3) is 0.500. The quantitative estimate of drug-likeness (QED) is 0.688. The summed E-state index contributed by atoms with van der Waals surface area (Å²) in [7, 11) is 0. The van der Waals surface area contributed by atoms with Crippen LogP contribution in [0.3, 0.4) is 0 Å². The monoisotopic (exact) mass is 374 g/mol. The lowest BCUT2D eigenvalue weighted by Crippen LogP contribution is -2.31. The third-order valence-corrected chi connectivity index (χ3v) is 6.47. The lowest BCUT2D eigenvalue weighted by molar-refractivity contribution is -0.119. The van der Waals surface area contributed by atoms with E-state index >= 15 is 0 Å². The molecule has 1 aromatic carbocycles. The van der Waals surface area contributed by atoms with Crippen LogP contribution in [0.25, 0.3) is 0 Å². The number of aromatic nitrogens is 2. The summed E-state index contributed by atoms with van der Waals surface area (Å²) in [5.74, 6) is 1.02. The molecular weight excluding hydrogens is 352 g/mol. The second kappa shape index (κ2) is 7.33. The van der Waals surface area contributed by atoms with Crippen LogP contribution < -0.4 is 10.6 Å². The summed E-state index contributed by atoms with van der Waals surface area (Å²) in [4.78, 5) is 12.4. The summed E-state index contributed by atoms with van der Waals surface area (Å²) in [6.07, 6.45) is 4.81. The number of rotatable bonds is 8. The summed E-state index contributed by atoms with van der Waals surface area (Å²) in [5, 5.41) is 15.7. The molecule has 2 aliphatic rings. The molecule has 0 saturated heterocycles. The molecule has 5 nitrogen and oxygen atoms in total. The van der Waals surface area contributed by atoms with E-state index in [1.54, 1.807) is 0 Å². The van der Waals surface area contributed by atoms with Crippen LogP contribution in [0.15, 0.2) is 28.6 Å². The molecule has 2 fully saturated rings. The first kappa shape index (κ1) is 16.8. The van der Waals surface area contributed by atoms with Crippen LogP contribution >= 0.6 is 23.1 Å². The Kier molecular flexibility index (Phi) is 4.94. The van der Waals surface area contributed by atoms with Gasteiger partial charge in [0.25, 0.3) is 0 Å². The van der Waals surface area contributed by atoms with Gasteiger partial charge in [-0.2, -0.15) is 0 Å². The number of aryl methyl sites for hydroxylation is 1. The van der Waals surface area contributed by atoms with Gasteiger partial charge in [0.05, 0.1) is 11.8 Å². The smallest absolute Gasteiger partial charge is 0.230 e. The molecule has 2 aromatic rings. The van der Waals surface area contributed by atoms with Crippen molar-refractivity contribution in [1.82, 2.24) is 15.5 Å². The maximum absolute atomic E-state index is 12.4. The Morgan fingerprint density at radius 1 is 1.24 bits per heavy atom. The number of hydrogen-bond donors (Lipinski definition) is 2. The van der Waals surface area contributed by atoms with E-state index in [2.05, 4.69) is 52.0 Å². The molecule has 0 spiro atoms. The van der Waals surface area contributed by atoms with Crippen molar-refractivity contribution in [3.63, 3.8) is 0 Å². The van der Waals surface area contributed by atoms with E-state index in [1.807, 2.05) is 0 Å².